The predicted octanol–water partition coefficient (Wildman–Crippen LogP) is 1.01. The number of Topliss-reactive ketones (excluding diaryl/α,β-unsaturated/α-hetero) is 1. The number of ketones is 1. The first kappa shape index (κ1) is 20.4. The summed E-state index contributed by atoms with van der Waals surface area (Å²) in [4.78, 5) is 12.4. The minimum Gasteiger partial charge on any atom is -0.508 e. The topological polar surface area (TPSA) is 146 Å². The molecule has 6 atom stereocenters. The molecule has 0 bridgehead atoms. The maximum absolute atomic E-state index is 12.4. The van der Waals surface area contributed by atoms with Crippen LogP contribution in [0, 0.1) is 0 Å². The summed E-state index contributed by atoms with van der Waals surface area (Å²) in [5.74, 6) is -0.397. The first-order valence-electron chi connectivity index (χ1n) is 9.46. The monoisotopic (exact) mass is 418 g/mol. The van der Waals surface area contributed by atoms with E-state index in [1.807, 2.05) is 0 Å². The third-order valence-electron chi connectivity index (χ3n) is 5.30. The van der Waals surface area contributed by atoms with Gasteiger partial charge in [-0.05, 0) is 24.6 Å². The molecule has 2 aliphatic heterocycles. The van der Waals surface area contributed by atoms with Gasteiger partial charge in [0, 0.05) is 12.1 Å². The minimum atomic E-state index is -1.42. The Morgan fingerprint density at radius 3 is 2.40 bits per heavy atom. The Morgan fingerprint density at radius 2 is 1.70 bits per heavy atom. The first-order chi connectivity index (χ1) is 14.2. The van der Waals surface area contributed by atoms with E-state index in [0.717, 1.165) is 6.07 Å². The van der Waals surface area contributed by atoms with Crippen LogP contribution in [0.5, 0.6) is 23.0 Å². The summed E-state index contributed by atoms with van der Waals surface area (Å²) in [6, 6.07) is 8.90. The third kappa shape index (κ3) is 3.68. The third-order valence-corrected chi connectivity index (χ3v) is 5.30. The highest BCUT2D eigenvalue weighted by molar-refractivity contribution is 6.02. The van der Waals surface area contributed by atoms with Crippen LogP contribution in [0.15, 0.2) is 36.4 Å². The van der Waals surface area contributed by atoms with Crippen LogP contribution in [0.4, 0.5) is 0 Å². The fourth-order valence-electron chi connectivity index (χ4n) is 3.62. The Kier molecular flexibility index (Phi) is 5.29. The summed E-state index contributed by atoms with van der Waals surface area (Å²) < 4.78 is 16.8. The highest BCUT2D eigenvalue weighted by Gasteiger charge is 2.43. The Balaban J connectivity index is 1.48. The molecule has 0 aromatic heterocycles. The highest BCUT2D eigenvalue weighted by atomic mass is 16.7. The molecule has 30 heavy (non-hydrogen) atoms. The van der Waals surface area contributed by atoms with Gasteiger partial charge in [0.2, 0.25) is 6.29 Å². The number of aliphatic hydroxyl groups is 3. The molecule has 6 unspecified atom stereocenters. The van der Waals surface area contributed by atoms with Crippen LogP contribution in [0.1, 0.15) is 35.4 Å². The zero-order chi connectivity index (χ0) is 21.6. The number of benzene rings is 2. The predicted molar refractivity (Wildman–Crippen MR) is 102 cm³/mol. The molecule has 2 heterocycles. The molecule has 4 rings (SSSR count). The van der Waals surface area contributed by atoms with Crippen molar-refractivity contribution in [2.24, 2.45) is 0 Å². The van der Waals surface area contributed by atoms with Gasteiger partial charge in [0.05, 0.1) is 12.5 Å². The van der Waals surface area contributed by atoms with Crippen molar-refractivity contribution in [3.05, 3.63) is 47.5 Å². The summed E-state index contributed by atoms with van der Waals surface area (Å²) >= 11 is 0. The molecular weight excluding hydrogens is 396 g/mol. The SMILES string of the molecule is CC1OC(Oc2ccc(C3CC(=O)c4c(O)cc(O)cc4O3)cc2)C(O)C(O)C1O. The molecule has 9 nitrogen and oxygen atoms in total. The van der Waals surface area contributed by atoms with Gasteiger partial charge in [0.1, 0.15) is 53.0 Å². The van der Waals surface area contributed by atoms with E-state index >= 15 is 0 Å². The maximum Gasteiger partial charge on any atom is 0.229 e. The lowest BCUT2D eigenvalue weighted by Gasteiger charge is -2.38. The van der Waals surface area contributed by atoms with Gasteiger partial charge in [-0.25, -0.2) is 0 Å². The summed E-state index contributed by atoms with van der Waals surface area (Å²) in [5, 5.41) is 49.2. The number of hydrogen-bond acceptors (Lipinski definition) is 9. The van der Waals surface area contributed by atoms with Gasteiger partial charge in [-0.2, -0.15) is 0 Å². The number of rotatable bonds is 3. The molecule has 0 amide bonds. The standard InChI is InChI=1S/C21H22O9/c1-9-18(25)19(26)20(27)21(28-9)29-12-4-2-10(3-5-12)15-8-14(24)17-13(23)6-11(22)7-16(17)30-15/h2-7,9,15,18-23,25-27H,8H2,1H3. The largest absolute Gasteiger partial charge is 0.508 e. The Bertz CT molecular complexity index is 942. The molecular formula is C21H22O9. The number of phenols is 2. The van der Waals surface area contributed by atoms with Gasteiger partial charge in [-0.15, -0.1) is 0 Å². The number of aromatic hydroxyl groups is 2. The Hall–Kier alpha value is -2.85. The maximum atomic E-state index is 12.4. The molecule has 0 saturated carbocycles. The molecule has 0 radical (unpaired) electrons. The second-order valence-corrected chi connectivity index (χ2v) is 7.44. The van der Waals surface area contributed by atoms with Crippen molar-refractivity contribution in [3.8, 4) is 23.0 Å². The number of fused-ring (bicyclic) bond motifs is 1. The molecule has 1 saturated heterocycles. The molecule has 5 N–H and O–H groups in total. The zero-order valence-electron chi connectivity index (χ0n) is 16.0. The van der Waals surface area contributed by atoms with Crippen molar-refractivity contribution >= 4 is 5.78 Å². The first-order valence-corrected chi connectivity index (χ1v) is 9.46. The Labute approximate surface area is 171 Å². The van der Waals surface area contributed by atoms with Crippen LogP contribution in [0.2, 0.25) is 0 Å². The van der Waals surface area contributed by atoms with Crippen LogP contribution in [-0.2, 0) is 4.74 Å². The zero-order valence-corrected chi connectivity index (χ0v) is 16.0. The van der Waals surface area contributed by atoms with Crippen molar-refractivity contribution in [1.29, 1.82) is 0 Å². The van der Waals surface area contributed by atoms with Crippen molar-refractivity contribution < 1.29 is 44.5 Å². The lowest BCUT2D eigenvalue weighted by molar-refractivity contribution is -0.268. The van der Waals surface area contributed by atoms with Crippen molar-refractivity contribution in [2.45, 2.75) is 50.2 Å². The summed E-state index contributed by atoms with van der Waals surface area (Å²) in [6.07, 6.45) is -6.52. The van der Waals surface area contributed by atoms with Crippen molar-refractivity contribution in [2.75, 3.05) is 0 Å². The number of aliphatic hydroxyl groups excluding tert-OH is 3. The Morgan fingerprint density at radius 1 is 1.00 bits per heavy atom. The van der Waals surface area contributed by atoms with E-state index in [-0.39, 0.29) is 35.0 Å². The molecule has 2 aromatic rings. The van der Waals surface area contributed by atoms with Crippen LogP contribution in [0.25, 0.3) is 0 Å². The summed E-state index contributed by atoms with van der Waals surface area (Å²) in [6.45, 7) is 1.56. The molecule has 9 heteroatoms. The quantitative estimate of drug-likeness (QED) is 0.493. The van der Waals surface area contributed by atoms with E-state index in [0.29, 0.717) is 11.3 Å². The fraction of sp³-hybridized carbons (Fsp3) is 0.381. The molecule has 0 spiro atoms. The lowest BCUT2D eigenvalue weighted by atomic mass is 9.95. The van der Waals surface area contributed by atoms with E-state index < -0.39 is 36.8 Å². The number of ether oxygens (including phenoxy) is 3. The van der Waals surface area contributed by atoms with E-state index in [2.05, 4.69) is 0 Å². The number of carbonyl (C=O) groups excluding carboxylic acids is 1. The van der Waals surface area contributed by atoms with E-state index in [9.17, 15) is 30.3 Å². The fourth-order valence-corrected chi connectivity index (χ4v) is 3.62. The molecule has 2 aliphatic rings. The van der Waals surface area contributed by atoms with Gasteiger partial charge in [-0.1, -0.05) is 12.1 Å². The van der Waals surface area contributed by atoms with E-state index in [1.165, 1.54) is 6.07 Å². The summed E-state index contributed by atoms with van der Waals surface area (Å²) in [5.41, 5.74) is 0.709. The second kappa shape index (κ2) is 7.77. The molecule has 160 valence electrons. The van der Waals surface area contributed by atoms with Gasteiger partial charge < -0.3 is 39.7 Å². The molecule has 1 fully saturated rings. The van der Waals surface area contributed by atoms with Crippen LogP contribution in [0.3, 0.4) is 0 Å². The van der Waals surface area contributed by atoms with E-state index in [1.54, 1.807) is 31.2 Å². The van der Waals surface area contributed by atoms with E-state index in [4.69, 9.17) is 14.2 Å². The number of phenolic OH excluding ortho intramolecular Hbond substituents is 2. The van der Waals surface area contributed by atoms with Crippen LogP contribution >= 0.6 is 0 Å². The van der Waals surface area contributed by atoms with Gasteiger partial charge >= 0.3 is 0 Å². The van der Waals surface area contributed by atoms with Crippen LogP contribution < -0.4 is 9.47 Å². The lowest BCUT2D eigenvalue weighted by Crippen LogP contribution is -2.58. The average Bonchev–Trinajstić information content (AvgIpc) is 2.70. The minimum absolute atomic E-state index is 0.0115. The summed E-state index contributed by atoms with van der Waals surface area (Å²) in [7, 11) is 0. The normalized spacial score (nSPS) is 31.0. The van der Waals surface area contributed by atoms with Gasteiger partial charge in [-0.3, -0.25) is 4.79 Å². The van der Waals surface area contributed by atoms with Crippen LogP contribution in [-0.4, -0.2) is 62.0 Å². The van der Waals surface area contributed by atoms with Gasteiger partial charge in [0.25, 0.3) is 0 Å². The smallest absolute Gasteiger partial charge is 0.229 e. The van der Waals surface area contributed by atoms with Gasteiger partial charge in [0.15, 0.2) is 5.78 Å². The number of carbonyl (C=O) groups is 1. The molecule has 2 aromatic carbocycles. The second-order valence-electron chi connectivity index (χ2n) is 7.44. The highest BCUT2D eigenvalue weighted by Crippen LogP contribution is 2.41. The molecule has 0 aliphatic carbocycles. The average molecular weight is 418 g/mol. The number of hydrogen-bond donors (Lipinski definition) is 5. The van der Waals surface area contributed by atoms with Crippen molar-refractivity contribution in [3.63, 3.8) is 0 Å². The van der Waals surface area contributed by atoms with Crippen molar-refractivity contribution in [1.82, 2.24) is 0 Å².